The van der Waals surface area contributed by atoms with Crippen LogP contribution in [0, 0.1) is 11.3 Å². The number of rotatable bonds is 9. The Morgan fingerprint density at radius 1 is 1.13 bits per heavy atom. The van der Waals surface area contributed by atoms with E-state index in [1.165, 1.54) is 0 Å². The number of phenolic OH excluding ortho intramolecular Hbond substituents is 1. The lowest BCUT2D eigenvalue weighted by Crippen LogP contribution is -2.28. The molecule has 1 heterocycles. The van der Waals surface area contributed by atoms with E-state index >= 15 is 0 Å². The molecule has 0 atom stereocenters. The molecule has 0 spiro atoms. The van der Waals surface area contributed by atoms with Crippen molar-refractivity contribution >= 4 is 11.5 Å². The number of aromatic hydroxyl groups is 1. The maximum Gasteiger partial charge on any atom is 0.202 e. The number of ketones is 1. The van der Waals surface area contributed by atoms with E-state index in [-0.39, 0.29) is 23.5 Å². The van der Waals surface area contributed by atoms with Crippen molar-refractivity contribution in [1.29, 1.82) is 5.41 Å². The number of hydrogen-bond donors (Lipinski definition) is 2. The highest BCUT2D eigenvalue weighted by Crippen LogP contribution is 2.38. The van der Waals surface area contributed by atoms with E-state index in [1.807, 2.05) is 56.7 Å². The monoisotopic (exact) mass is 414 g/mol. The van der Waals surface area contributed by atoms with Crippen molar-refractivity contribution in [3.8, 4) is 5.75 Å². The summed E-state index contributed by atoms with van der Waals surface area (Å²) >= 11 is 0. The molecule has 0 aliphatic rings. The van der Waals surface area contributed by atoms with E-state index in [9.17, 15) is 9.90 Å². The fourth-order valence-corrected chi connectivity index (χ4v) is 3.73. The molecule has 0 saturated heterocycles. The van der Waals surface area contributed by atoms with Crippen molar-refractivity contribution in [3.05, 3.63) is 41.3 Å². The molecule has 0 aliphatic heterocycles. The minimum Gasteiger partial charge on any atom is -0.505 e. The molecule has 0 unspecified atom stereocenters. The number of carbonyl (C=O) groups excluding carboxylic acids is 1. The number of aryl methyl sites for hydroxylation is 1. The summed E-state index contributed by atoms with van der Waals surface area (Å²) in [6.07, 6.45) is 7.04. The summed E-state index contributed by atoms with van der Waals surface area (Å²) in [6.45, 7) is 11.4. The number of aromatic nitrogens is 2. The van der Waals surface area contributed by atoms with E-state index in [2.05, 4.69) is 13.8 Å². The molecule has 1 aromatic carbocycles. The van der Waals surface area contributed by atoms with Crippen LogP contribution >= 0.6 is 0 Å². The Hall–Kier alpha value is -2.50. The SMILES string of the molecule is CCC(CC)CCn1ccn(CC(=O)c2cc(N(C)C)c(O)c(C(C)(C)C)c2)c1=N. The van der Waals surface area contributed by atoms with Gasteiger partial charge in [-0.1, -0.05) is 47.5 Å². The number of phenols is 1. The normalized spacial score (nSPS) is 11.9. The summed E-state index contributed by atoms with van der Waals surface area (Å²) in [5.41, 5.74) is 1.98. The van der Waals surface area contributed by atoms with Gasteiger partial charge in [-0.25, -0.2) is 0 Å². The molecule has 0 radical (unpaired) electrons. The minimum atomic E-state index is -0.294. The van der Waals surface area contributed by atoms with Gasteiger partial charge >= 0.3 is 0 Å². The van der Waals surface area contributed by atoms with Crippen LogP contribution in [0.4, 0.5) is 5.69 Å². The molecule has 2 rings (SSSR count). The van der Waals surface area contributed by atoms with Gasteiger partial charge in [0, 0.05) is 44.2 Å². The molecule has 1 aromatic heterocycles. The van der Waals surface area contributed by atoms with Gasteiger partial charge in [-0.15, -0.1) is 0 Å². The zero-order valence-corrected chi connectivity index (χ0v) is 19.6. The maximum absolute atomic E-state index is 13.1. The summed E-state index contributed by atoms with van der Waals surface area (Å²) < 4.78 is 3.60. The minimum absolute atomic E-state index is 0.0696. The number of hydrogen-bond acceptors (Lipinski definition) is 4. The first-order valence-electron chi connectivity index (χ1n) is 10.9. The quantitative estimate of drug-likeness (QED) is 0.591. The lowest BCUT2D eigenvalue weighted by Gasteiger charge is -2.25. The molecule has 30 heavy (non-hydrogen) atoms. The van der Waals surface area contributed by atoms with Crippen LogP contribution in [0.15, 0.2) is 24.5 Å². The van der Waals surface area contributed by atoms with Crippen molar-refractivity contribution in [1.82, 2.24) is 9.13 Å². The van der Waals surface area contributed by atoms with Crippen molar-refractivity contribution in [3.63, 3.8) is 0 Å². The van der Waals surface area contributed by atoms with E-state index in [1.54, 1.807) is 16.7 Å². The highest BCUT2D eigenvalue weighted by atomic mass is 16.3. The average Bonchev–Trinajstić information content (AvgIpc) is 3.01. The Kier molecular flexibility index (Phi) is 7.56. The van der Waals surface area contributed by atoms with Crippen LogP contribution in [0.5, 0.6) is 5.75 Å². The van der Waals surface area contributed by atoms with Gasteiger partial charge in [0.05, 0.1) is 12.2 Å². The summed E-state index contributed by atoms with van der Waals surface area (Å²) in [4.78, 5) is 14.9. The first-order valence-corrected chi connectivity index (χ1v) is 10.9. The number of anilines is 1. The van der Waals surface area contributed by atoms with E-state index in [0.717, 1.165) is 31.4 Å². The first-order chi connectivity index (χ1) is 14.0. The molecular formula is C24H38N4O2. The number of Topliss-reactive ketones (excluding diaryl/α,β-unsaturated/α-hetero) is 1. The van der Waals surface area contributed by atoms with Gasteiger partial charge in [0.15, 0.2) is 5.78 Å². The standard InChI is InChI=1S/C24H38N4O2/c1-8-17(9-2)10-11-27-12-13-28(23(27)25)16-21(29)18-14-19(24(3,4)5)22(30)20(15-18)26(6)7/h12-15,17,25,30H,8-11,16H2,1-7H3. The Labute approximate surface area is 180 Å². The maximum atomic E-state index is 13.1. The third-order valence-corrected chi connectivity index (χ3v) is 5.92. The van der Waals surface area contributed by atoms with Gasteiger partial charge in [0.1, 0.15) is 5.75 Å². The molecule has 0 fully saturated rings. The van der Waals surface area contributed by atoms with Gasteiger partial charge < -0.3 is 19.1 Å². The number of nitrogens with zero attached hydrogens (tertiary/aromatic N) is 3. The third kappa shape index (κ3) is 5.35. The Balaban J connectivity index is 2.28. The smallest absolute Gasteiger partial charge is 0.202 e. The van der Waals surface area contributed by atoms with Gasteiger partial charge in [0.25, 0.3) is 0 Å². The number of imidazole rings is 1. The zero-order valence-electron chi connectivity index (χ0n) is 19.6. The van der Waals surface area contributed by atoms with Crippen LogP contribution in [0.2, 0.25) is 0 Å². The molecule has 6 heteroatoms. The fraction of sp³-hybridized carbons (Fsp3) is 0.583. The summed E-state index contributed by atoms with van der Waals surface area (Å²) in [5, 5.41) is 19.1. The largest absolute Gasteiger partial charge is 0.505 e. The lowest BCUT2D eigenvalue weighted by molar-refractivity contribution is 0.0970. The summed E-state index contributed by atoms with van der Waals surface area (Å²) in [5.74, 6) is 0.810. The number of benzene rings is 1. The molecular weight excluding hydrogens is 376 g/mol. The molecule has 0 bridgehead atoms. The summed E-state index contributed by atoms with van der Waals surface area (Å²) in [6, 6.07) is 3.53. The van der Waals surface area contributed by atoms with Crippen LogP contribution in [0.1, 0.15) is 69.8 Å². The van der Waals surface area contributed by atoms with Crippen molar-refractivity contribution in [2.24, 2.45) is 5.92 Å². The van der Waals surface area contributed by atoms with Gasteiger partial charge in [-0.05, 0) is 29.9 Å². The molecule has 6 nitrogen and oxygen atoms in total. The second-order valence-electron chi connectivity index (χ2n) is 9.37. The molecule has 2 aromatic rings. The van der Waals surface area contributed by atoms with Crippen molar-refractivity contribution in [2.45, 2.75) is 72.4 Å². The fourth-order valence-electron chi connectivity index (χ4n) is 3.73. The van der Waals surface area contributed by atoms with Crippen LogP contribution in [0.25, 0.3) is 0 Å². The number of nitrogens with one attached hydrogen (secondary N) is 1. The third-order valence-electron chi connectivity index (χ3n) is 5.92. The van der Waals surface area contributed by atoms with Gasteiger partial charge in [-0.2, -0.15) is 0 Å². The Morgan fingerprint density at radius 2 is 1.73 bits per heavy atom. The molecule has 0 aliphatic carbocycles. The topological polar surface area (TPSA) is 74.2 Å². The Morgan fingerprint density at radius 3 is 2.27 bits per heavy atom. The Bertz CT molecular complexity index is 928. The predicted octanol–water partition coefficient (Wildman–Crippen LogP) is 4.55. The average molecular weight is 415 g/mol. The highest BCUT2D eigenvalue weighted by Gasteiger charge is 2.24. The van der Waals surface area contributed by atoms with E-state index < -0.39 is 0 Å². The second kappa shape index (κ2) is 9.54. The van der Waals surface area contributed by atoms with Crippen molar-refractivity contribution in [2.75, 3.05) is 19.0 Å². The first kappa shape index (κ1) is 23.8. The number of carbonyl (C=O) groups is 1. The molecule has 0 saturated carbocycles. The predicted molar refractivity (Wildman–Crippen MR) is 122 cm³/mol. The van der Waals surface area contributed by atoms with E-state index in [0.29, 0.717) is 22.8 Å². The van der Waals surface area contributed by atoms with E-state index in [4.69, 9.17) is 5.41 Å². The molecule has 0 amide bonds. The van der Waals surface area contributed by atoms with Gasteiger partial charge in [-0.3, -0.25) is 10.2 Å². The van der Waals surface area contributed by atoms with Crippen molar-refractivity contribution < 1.29 is 9.90 Å². The van der Waals surface area contributed by atoms with Crippen LogP contribution in [-0.2, 0) is 18.5 Å². The molecule has 2 N–H and O–H groups in total. The summed E-state index contributed by atoms with van der Waals surface area (Å²) in [7, 11) is 3.71. The second-order valence-corrected chi connectivity index (χ2v) is 9.37. The van der Waals surface area contributed by atoms with Crippen LogP contribution in [0.3, 0.4) is 0 Å². The van der Waals surface area contributed by atoms with Gasteiger partial charge in [0.2, 0.25) is 5.62 Å². The highest BCUT2D eigenvalue weighted by molar-refractivity contribution is 5.97. The lowest BCUT2D eigenvalue weighted by atomic mass is 9.84. The van der Waals surface area contributed by atoms with Crippen LogP contribution < -0.4 is 10.5 Å². The zero-order chi connectivity index (χ0) is 22.6. The molecule has 166 valence electrons. The van der Waals surface area contributed by atoms with Crippen LogP contribution in [-0.4, -0.2) is 34.1 Å².